The molecular weight excluding hydrogens is 619 g/mol. The Morgan fingerprint density at radius 1 is 0.392 bits per heavy atom. The first-order valence-corrected chi connectivity index (χ1v) is 17.5. The van der Waals surface area contributed by atoms with Gasteiger partial charge in [0.1, 0.15) is 11.4 Å². The van der Waals surface area contributed by atoms with Crippen LogP contribution < -0.4 is 0 Å². The van der Waals surface area contributed by atoms with Crippen molar-refractivity contribution in [2.24, 2.45) is 0 Å². The van der Waals surface area contributed by atoms with Gasteiger partial charge in [-0.2, -0.15) is 0 Å². The molecule has 0 saturated carbocycles. The van der Waals surface area contributed by atoms with E-state index in [1.807, 2.05) is 6.07 Å². The van der Waals surface area contributed by atoms with Crippen LogP contribution in [0.3, 0.4) is 0 Å². The zero-order valence-corrected chi connectivity index (χ0v) is 28.6. The highest BCUT2D eigenvalue weighted by molar-refractivity contribution is 6.04. The van der Waals surface area contributed by atoms with Gasteiger partial charge >= 0.3 is 0 Å². The Morgan fingerprint density at radius 2 is 0.941 bits per heavy atom. The summed E-state index contributed by atoms with van der Waals surface area (Å²) in [4.78, 5) is 0. The lowest BCUT2D eigenvalue weighted by molar-refractivity contribution is 0.879. The molecule has 51 heavy (non-hydrogen) atoms. The number of rotatable bonds is 6. The summed E-state index contributed by atoms with van der Waals surface area (Å²) in [6.45, 7) is 4.53. The predicted molar refractivity (Wildman–Crippen MR) is 210 cm³/mol. The van der Waals surface area contributed by atoms with Gasteiger partial charge in [-0.3, -0.25) is 0 Å². The van der Waals surface area contributed by atoms with Crippen molar-refractivity contribution in [3.63, 3.8) is 0 Å². The van der Waals surface area contributed by atoms with E-state index in [-0.39, 0.29) is 0 Å². The Labute approximate surface area is 299 Å². The Kier molecular flexibility index (Phi) is 7.67. The second kappa shape index (κ2) is 12.8. The van der Waals surface area contributed by atoms with E-state index in [2.05, 4.69) is 177 Å². The van der Waals surface area contributed by atoms with Crippen LogP contribution in [0, 0.1) is 13.8 Å². The number of fused-ring (bicyclic) bond motifs is 3. The van der Waals surface area contributed by atoms with Crippen molar-refractivity contribution in [3.8, 4) is 78.1 Å². The third-order valence-corrected chi connectivity index (χ3v) is 10.4. The minimum Gasteiger partial charge on any atom is -0.129 e. The highest BCUT2D eigenvalue weighted by Gasteiger charge is 2.29. The molecule has 0 unspecified atom stereocenters. The topological polar surface area (TPSA) is 38.7 Å². The van der Waals surface area contributed by atoms with Crippen molar-refractivity contribution < 1.29 is 0 Å². The van der Waals surface area contributed by atoms with Crippen LogP contribution in [-0.2, 0) is 6.42 Å². The second-order valence-corrected chi connectivity index (χ2v) is 13.3. The second-order valence-electron chi connectivity index (χ2n) is 13.3. The van der Waals surface area contributed by atoms with Crippen molar-refractivity contribution in [2.75, 3.05) is 0 Å². The molecule has 0 bridgehead atoms. The molecule has 0 radical (unpaired) electrons. The van der Waals surface area contributed by atoms with Crippen LogP contribution in [-0.4, -0.2) is 15.4 Å². The summed E-state index contributed by atoms with van der Waals surface area (Å²) >= 11 is 0. The molecule has 1 aliphatic rings. The van der Waals surface area contributed by atoms with Gasteiger partial charge in [-0.1, -0.05) is 164 Å². The van der Waals surface area contributed by atoms with Gasteiger partial charge in [-0.05, 0) is 97.8 Å². The average Bonchev–Trinajstić information content (AvgIpc) is 3.56. The number of aromatic nitrogens is 3. The van der Waals surface area contributed by atoms with Crippen molar-refractivity contribution in [1.82, 2.24) is 15.4 Å². The molecule has 0 spiro atoms. The van der Waals surface area contributed by atoms with Crippen molar-refractivity contribution in [1.29, 1.82) is 0 Å². The minimum atomic E-state index is 0.812. The van der Waals surface area contributed by atoms with Crippen LogP contribution in [0.1, 0.15) is 22.3 Å². The molecule has 0 fully saturated rings. The molecule has 1 heterocycles. The van der Waals surface area contributed by atoms with E-state index in [4.69, 9.17) is 10.2 Å². The summed E-state index contributed by atoms with van der Waals surface area (Å²) in [7, 11) is 0. The number of nitrogens with zero attached hydrogens (tertiary/aromatic N) is 3. The molecule has 0 atom stereocenters. The fourth-order valence-electron chi connectivity index (χ4n) is 7.88. The van der Waals surface area contributed by atoms with E-state index >= 15 is 0 Å². The number of hydrogen-bond acceptors (Lipinski definition) is 3. The molecule has 0 amide bonds. The van der Waals surface area contributed by atoms with E-state index in [0.717, 1.165) is 45.6 Å². The largest absolute Gasteiger partial charge is 0.129 e. The first-order chi connectivity index (χ1) is 25.2. The maximum atomic E-state index is 4.94. The van der Waals surface area contributed by atoms with Crippen LogP contribution in [0.4, 0.5) is 0 Å². The molecule has 0 aliphatic heterocycles. The summed E-state index contributed by atoms with van der Waals surface area (Å²) in [5, 5.41) is 14.1. The summed E-state index contributed by atoms with van der Waals surface area (Å²) in [5.74, 6) is 0. The molecule has 0 saturated heterocycles. The third kappa shape index (κ3) is 5.26. The number of aryl methyl sites for hydroxylation is 1. The Hall–Kier alpha value is -6.45. The molecule has 1 aromatic heterocycles. The third-order valence-electron chi connectivity index (χ3n) is 10.4. The van der Waals surface area contributed by atoms with E-state index < -0.39 is 0 Å². The van der Waals surface area contributed by atoms with Crippen LogP contribution in [0.15, 0.2) is 164 Å². The highest BCUT2D eigenvalue weighted by Crippen LogP contribution is 2.51. The van der Waals surface area contributed by atoms with Crippen LogP contribution in [0.5, 0.6) is 0 Å². The van der Waals surface area contributed by atoms with Gasteiger partial charge in [0, 0.05) is 16.7 Å². The minimum absolute atomic E-state index is 0.812. The molecule has 8 aromatic rings. The molecular formula is C48H35N3. The predicted octanol–water partition coefficient (Wildman–Crippen LogP) is 12.1. The molecule has 0 N–H and O–H groups in total. The van der Waals surface area contributed by atoms with Crippen molar-refractivity contribution >= 4 is 0 Å². The van der Waals surface area contributed by atoms with E-state index in [0.29, 0.717) is 0 Å². The first kappa shape index (κ1) is 30.6. The normalized spacial score (nSPS) is 11.6. The van der Waals surface area contributed by atoms with E-state index in [1.165, 1.54) is 61.2 Å². The maximum absolute atomic E-state index is 4.94. The fourth-order valence-corrected chi connectivity index (χ4v) is 7.88. The SMILES string of the molecule is Cc1cc2c(c(-c3c(-c4ccccc4-c4ccccc4)cccc3-c3nnnc(-c4ccccc4)c3-c3ccccc3)c1C)Cc1ccccc1-2. The molecule has 1 aliphatic carbocycles. The Bertz CT molecular complexity index is 2560. The highest BCUT2D eigenvalue weighted by atomic mass is 15.3. The smallest absolute Gasteiger partial charge is 0.105 e. The zero-order chi connectivity index (χ0) is 34.3. The lowest BCUT2D eigenvalue weighted by atomic mass is 9.80. The van der Waals surface area contributed by atoms with Crippen LogP contribution in [0.25, 0.3) is 78.1 Å². The van der Waals surface area contributed by atoms with Gasteiger partial charge in [-0.15, -0.1) is 10.2 Å². The molecule has 7 aromatic carbocycles. The summed E-state index contributed by atoms with van der Waals surface area (Å²) < 4.78 is 0. The monoisotopic (exact) mass is 653 g/mol. The summed E-state index contributed by atoms with van der Waals surface area (Å²) in [6, 6.07) is 58.2. The molecule has 9 rings (SSSR count). The number of benzene rings is 7. The van der Waals surface area contributed by atoms with Crippen molar-refractivity contribution in [3.05, 3.63) is 186 Å². The quantitative estimate of drug-likeness (QED) is 0.179. The van der Waals surface area contributed by atoms with Gasteiger partial charge in [0.05, 0.1) is 0 Å². The van der Waals surface area contributed by atoms with Gasteiger partial charge < -0.3 is 0 Å². The van der Waals surface area contributed by atoms with Crippen LogP contribution >= 0.6 is 0 Å². The lowest BCUT2D eigenvalue weighted by Gasteiger charge is -2.24. The fraction of sp³-hybridized carbons (Fsp3) is 0.0625. The summed E-state index contributed by atoms with van der Waals surface area (Å²) in [6.07, 6.45) is 0.874. The van der Waals surface area contributed by atoms with Gasteiger partial charge in [0.25, 0.3) is 0 Å². The van der Waals surface area contributed by atoms with Gasteiger partial charge in [-0.25, -0.2) is 0 Å². The lowest BCUT2D eigenvalue weighted by Crippen LogP contribution is -2.04. The summed E-state index contributed by atoms with van der Waals surface area (Å²) in [5.41, 5.74) is 20.7. The van der Waals surface area contributed by atoms with E-state index in [9.17, 15) is 0 Å². The average molecular weight is 654 g/mol. The van der Waals surface area contributed by atoms with Crippen LogP contribution in [0.2, 0.25) is 0 Å². The van der Waals surface area contributed by atoms with E-state index in [1.54, 1.807) is 0 Å². The zero-order valence-electron chi connectivity index (χ0n) is 28.6. The standard InChI is InChI=1S/C48H35N3/c1-31-29-42-38-25-13-12-23-36(38)30-43(42)44(32(31)2)46-40(39-26-15-14-24-37(39)33-17-6-3-7-18-33)27-16-28-41(46)48-45(34-19-8-4-9-20-34)47(49-51-50-48)35-21-10-5-11-22-35/h3-29H,30H2,1-2H3. The maximum Gasteiger partial charge on any atom is 0.105 e. The Balaban J connectivity index is 1.42. The first-order valence-electron chi connectivity index (χ1n) is 17.5. The van der Waals surface area contributed by atoms with Crippen molar-refractivity contribution in [2.45, 2.75) is 20.3 Å². The van der Waals surface area contributed by atoms with Gasteiger partial charge in [0.15, 0.2) is 0 Å². The number of hydrogen-bond donors (Lipinski definition) is 0. The molecule has 3 nitrogen and oxygen atoms in total. The molecule has 242 valence electrons. The van der Waals surface area contributed by atoms with Gasteiger partial charge in [0.2, 0.25) is 0 Å². The Morgan fingerprint density at radius 3 is 1.67 bits per heavy atom. The molecule has 3 heteroatoms.